The molecule has 5 rings (SSSR count). The summed E-state index contributed by atoms with van der Waals surface area (Å²) in [7, 11) is 0. The van der Waals surface area contributed by atoms with E-state index in [1.54, 1.807) is 18.3 Å². The molecule has 1 aromatic heterocycles. The molecule has 0 radical (unpaired) electrons. The van der Waals surface area contributed by atoms with Crippen molar-refractivity contribution in [1.29, 1.82) is 5.26 Å². The minimum absolute atomic E-state index is 0.00162. The molecular weight excluding hydrogens is 356 g/mol. The lowest BCUT2D eigenvalue weighted by molar-refractivity contribution is 0.0217. The van der Waals surface area contributed by atoms with Gasteiger partial charge in [0.2, 0.25) is 0 Å². The van der Waals surface area contributed by atoms with Crippen LogP contribution in [0, 0.1) is 17.2 Å². The zero-order valence-corrected chi connectivity index (χ0v) is 16.1. The zero-order chi connectivity index (χ0) is 18.8. The molecule has 0 saturated carbocycles. The van der Waals surface area contributed by atoms with E-state index in [1.807, 2.05) is 24.3 Å². The van der Waals surface area contributed by atoms with E-state index in [-0.39, 0.29) is 11.9 Å². The van der Waals surface area contributed by atoms with E-state index < -0.39 is 0 Å². The highest BCUT2D eigenvalue weighted by atomic mass is 32.2. The van der Waals surface area contributed by atoms with Crippen molar-refractivity contribution in [1.82, 2.24) is 15.2 Å². The fourth-order valence-corrected chi connectivity index (χ4v) is 4.92. The molecule has 2 bridgehead atoms. The molecule has 3 aliphatic rings. The van der Waals surface area contributed by atoms with Gasteiger partial charge in [-0.1, -0.05) is 11.8 Å². The first kappa shape index (κ1) is 18.0. The largest absolute Gasteiger partial charge is 0.347 e. The summed E-state index contributed by atoms with van der Waals surface area (Å²) in [5.41, 5.74) is 1.27. The first-order valence-corrected chi connectivity index (χ1v) is 10.1. The summed E-state index contributed by atoms with van der Waals surface area (Å²) in [6.45, 7) is 4.54. The molecule has 4 heterocycles. The number of carbonyl (C=O) groups excluding carboxylic acids is 1. The number of piperidine rings is 3. The minimum Gasteiger partial charge on any atom is -0.347 e. The smallest absolute Gasteiger partial charge is 0.251 e. The Morgan fingerprint density at radius 3 is 2.67 bits per heavy atom. The molecule has 2 atom stereocenters. The molecule has 1 amide bonds. The van der Waals surface area contributed by atoms with Crippen molar-refractivity contribution < 1.29 is 4.79 Å². The number of pyridine rings is 1. The van der Waals surface area contributed by atoms with Crippen molar-refractivity contribution in [2.75, 3.05) is 13.1 Å². The van der Waals surface area contributed by atoms with Crippen molar-refractivity contribution in [3.05, 3.63) is 53.7 Å². The van der Waals surface area contributed by atoms with Gasteiger partial charge in [0, 0.05) is 28.7 Å². The van der Waals surface area contributed by atoms with Gasteiger partial charge < -0.3 is 5.32 Å². The lowest BCUT2D eigenvalue weighted by Crippen LogP contribution is -2.62. The average molecular weight is 379 g/mol. The number of hydrogen-bond donors (Lipinski definition) is 1. The molecular formula is C21H22N4OS. The molecule has 3 saturated heterocycles. The van der Waals surface area contributed by atoms with E-state index in [4.69, 9.17) is 5.26 Å². The lowest BCUT2D eigenvalue weighted by Gasteiger charge is -2.49. The summed E-state index contributed by atoms with van der Waals surface area (Å²) in [4.78, 5) is 20.4. The molecule has 5 nitrogen and oxygen atoms in total. The van der Waals surface area contributed by atoms with Gasteiger partial charge in [-0.3, -0.25) is 9.69 Å². The highest BCUT2D eigenvalue weighted by Gasteiger charge is 2.40. The van der Waals surface area contributed by atoms with Gasteiger partial charge in [-0.25, -0.2) is 4.98 Å². The maximum absolute atomic E-state index is 12.7. The number of nitriles is 1. The Morgan fingerprint density at radius 2 is 2.00 bits per heavy atom. The predicted octanol–water partition coefficient (Wildman–Crippen LogP) is 3.32. The number of nitrogens with one attached hydrogen (secondary N) is 1. The SMILES string of the molecule is CC1C(NC(=O)c2ccc(Sc3cc(C#N)ccn3)cc2)C2CCN1CC2. The maximum Gasteiger partial charge on any atom is 0.251 e. The molecule has 3 fully saturated rings. The molecule has 1 aromatic carbocycles. The maximum atomic E-state index is 12.7. The van der Waals surface area contributed by atoms with Crippen LogP contribution in [0.25, 0.3) is 0 Å². The Hall–Kier alpha value is -2.36. The van der Waals surface area contributed by atoms with E-state index in [0.29, 0.717) is 23.1 Å². The van der Waals surface area contributed by atoms with Crippen molar-refractivity contribution in [2.24, 2.45) is 5.92 Å². The molecule has 6 heteroatoms. The highest BCUT2D eigenvalue weighted by molar-refractivity contribution is 7.99. The summed E-state index contributed by atoms with van der Waals surface area (Å²) in [6.07, 6.45) is 4.00. The van der Waals surface area contributed by atoms with E-state index in [9.17, 15) is 4.79 Å². The van der Waals surface area contributed by atoms with Gasteiger partial charge in [-0.2, -0.15) is 5.26 Å². The second-order valence-corrected chi connectivity index (χ2v) is 8.33. The predicted molar refractivity (Wildman–Crippen MR) is 105 cm³/mol. The third-order valence-corrected chi connectivity index (χ3v) is 6.62. The Morgan fingerprint density at radius 1 is 1.26 bits per heavy atom. The molecule has 2 unspecified atom stereocenters. The van der Waals surface area contributed by atoms with Gasteiger partial charge in [0.25, 0.3) is 5.91 Å². The second-order valence-electron chi connectivity index (χ2n) is 7.23. The van der Waals surface area contributed by atoms with Crippen molar-refractivity contribution in [3.8, 4) is 6.07 Å². The van der Waals surface area contributed by atoms with Crippen LogP contribution in [-0.2, 0) is 0 Å². The van der Waals surface area contributed by atoms with Crippen LogP contribution in [0.15, 0.2) is 52.5 Å². The number of nitrogens with zero attached hydrogens (tertiary/aromatic N) is 3. The monoisotopic (exact) mass is 378 g/mol. The summed E-state index contributed by atoms with van der Waals surface area (Å²) < 4.78 is 0. The van der Waals surface area contributed by atoms with E-state index in [0.717, 1.165) is 23.0 Å². The van der Waals surface area contributed by atoms with Gasteiger partial charge in [-0.05, 0) is 75.2 Å². The van der Waals surface area contributed by atoms with Crippen LogP contribution < -0.4 is 5.32 Å². The molecule has 2 aromatic rings. The standard InChI is InChI=1S/C21H22N4OS/c1-14-20(16-7-10-25(14)11-8-16)24-21(26)17-2-4-18(5-3-17)27-19-12-15(13-22)6-9-23-19/h2-6,9,12,14,16,20H,7-8,10-11H2,1H3,(H,24,26). The zero-order valence-electron chi connectivity index (χ0n) is 15.3. The van der Waals surface area contributed by atoms with Crippen molar-refractivity contribution in [3.63, 3.8) is 0 Å². The third kappa shape index (κ3) is 3.85. The Kier molecular flexibility index (Phi) is 5.15. The van der Waals surface area contributed by atoms with E-state index in [1.165, 1.54) is 24.6 Å². The molecule has 0 spiro atoms. The molecule has 27 heavy (non-hydrogen) atoms. The average Bonchev–Trinajstić information content (AvgIpc) is 2.71. The molecule has 0 aliphatic carbocycles. The summed E-state index contributed by atoms with van der Waals surface area (Å²) in [5, 5.41) is 13.0. The number of fused-ring (bicyclic) bond motifs is 3. The third-order valence-electron chi connectivity index (χ3n) is 5.68. The number of amides is 1. The van der Waals surface area contributed by atoms with E-state index >= 15 is 0 Å². The normalized spacial score (nSPS) is 26.4. The topological polar surface area (TPSA) is 69.0 Å². The number of aromatic nitrogens is 1. The van der Waals surface area contributed by atoms with Gasteiger partial charge in [0.1, 0.15) is 5.03 Å². The van der Waals surface area contributed by atoms with Crippen LogP contribution >= 0.6 is 11.8 Å². The fourth-order valence-electron chi connectivity index (χ4n) is 4.11. The van der Waals surface area contributed by atoms with Crippen LogP contribution in [0.3, 0.4) is 0 Å². The van der Waals surface area contributed by atoms with Crippen LogP contribution in [0.2, 0.25) is 0 Å². The van der Waals surface area contributed by atoms with Crippen LogP contribution in [0.5, 0.6) is 0 Å². The number of hydrogen-bond acceptors (Lipinski definition) is 5. The Balaban J connectivity index is 1.41. The number of benzene rings is 1. The van der Waals surface area contributed by atoms with Crippen molar-refractivity contribution >= 4 is 17.7 Å². The van der Waals surface area contributed by atoms with Crippen LogP contribution in [0.4, 0.5) is 0 Å². The summed E-state index contributed by atoms with van der Waals surface area (Å²) in [5.74, 6) is 0.601. The minimum atomic E-state index is 0.00162. The Bertz CT molecular complexity index is 866. The van der Waals surface area contributed by atoms with Gasteiger partial charge in [-0.15, -0.1) is 0 Å². The van der Waals surface area contributed by atoms with Crippen LogP contribution in [0.1, 0.15) is 35.7 Å². The van der Waals surface area contributed by atoms with Gasteiger partial charge in [0.15, 0.2) is 0 Å². The van der Waals surface area contributed by atoms with Gasteiger partial charge >= 0.3 is 0 Å². The lowest BCUT2D eigenvalue weighted by atomic mass is 9.79. The molecule has 138 valence electrons. The molecule has 3 aliphatic heterocycles. The Labute approximate surface area is 163 Å². The molecule has 1 N–H and O–H groups in total. The second kappa shape index (κ2) is 7.71. The van der Waals surface area contributed by atoms with Crippen LogP contribution in [-0.4, -0.2) is 41.0 Å². The van der Waals surface area contributed by atoms with E-state index in [2.05, 4.69) is 28.2 Å². The number of rotatable bonds is 4. The number of carbonyl (C=O) groups is 1. The van der Waals surface area contributed by atoms with Gasteiger partial charge in [0.05, 0.1) is 11.6 Å². The highest BCUT2D eigenvalue weighted by Crippen LogP contribution is 2.32. The first-order chi connectivity index (χ1) is 13.1. The summed E-state index contributed by atoms with van der Waals surface area (Å²) in [6, 6.07) is 13.8. The first-order valence-electron chi connectivity index (χ1n) is 9.33. The quantitative estimate of drug-likeness (QED) is 0.884. The van der Waals surface area contributed by atoms with Crippen molar-refractivity contribution in [2.45, 2.75) is 41.8 Å². The fraction of sp³-hybridized carbons (Fsp3) is 0.381. The summed E-state index contributed by atoms with van der Waals surface area (Å²) >= 11 is 1.48.